The lowest BCUT2D eigenvalue weighted by molar-refractivity contribution is 0.102. The Bertz CT molecular complexity index is 651. The number of nitrogens with zero attached hydrogens (tertiary/aromatic N) is 2. The van der Waals surface area contributed by atoms with Gasteiger partial charge in [-0.3, -0.25) is 9.48 Å². The molecule has 0 saturated heterocycles. The molecule has 1 aromatic carbocycles. The van der Waals surface area contributed by atoms with Crippen molar-refractivity contribution in [3.63, 3.8) is 0 Å². The fourth-order valence-corrected chi connectivity index (χ4v) is 2.32. The fraction of sp³-hybridized carbons (Fsp3) is 0.286. The Labute approximate surface area is 127 Å². The summed E-state index contributed by atoms with van der Waals surface area (Å²) in [5.41, 5.74) is 0.700. The van der Waals surface area contributed by atoms with Crippen LogP contribution in [-0.2, 0) is 0 Å². The lowest BCUT2D eigenvalue weighted by atomic mass is 10.1. The summed E-state index contributed by atoms with van der Waals surface area (Å²) in [5, 5.41) is 4.90. The second-order valence-corrected chi connectivity index (χ2v) is 5.40. The van der Waals surface area contributed by atoms with E-state index in [0.717, 1.165) is 0 Å². The van der Waals surface area contributed by atoms with E-state index in [2.05, 4.69) is 5.10 Å². The van der Waals surface area contributed by atoms with Gasteiger partial charge < -0.3 is 4.74 Å². The number of aromatic nitrogens is 2. The summed E-state index contributed by atoms with van der Waals surface area (Å²) in [6.45, 7) is 3.85. The van der Waals surface area contributed by atoms with E-state index in [4.69, 9.17) is 27.9 Å². The van der Waals surface area contributed by atoms with Crippen LogP contribution in [0.2, 0.25) is 10.0 Å². The van der Waals surface area contributed by atoms with Gasteiger partial charge in [0.05, 0.1) is 23.9 Å². The molecule has 0 fully saturated rings. The molecule has 0 radical (unpaired) electrons. The minimum absolute atomic E-state index is 0.0200. The number of halogens is 2. The van der Waals surface area contributed by atoms with Crippen molar-refractivity contribution in [3.05, 3.63) is 45.7 Å². The Balaban J connectivity index is 2.57. The summed E-state index contributed by atoms with van der Waals surface area (Å²) in [5.74, 6) is 0.188. The lowest BCUT2D eigenvalue weighted by Gasteiger charge is -2.12. The molecular formula is C14H14Cl2N2O2. The van der Waals surface area contributed by atoms with E-state index in [1.165, 1.54) is 13.3 Å². The van der Waals surface area contributed by atoms with Crippen LogP contribution in [-0.4, -0.2) is 22.7 Å². The minimum atomic E-state index is -0.263. The highest BCUT2D eigenvalue weighted by Crippen LogP contribution is 2.28. The van der Waals surface area contributed by atoms with Gasteiger partial charge in [0.1, 0.15) is 11.4 Å². The number of hydrogen-bond acceptors (Lipinski definition) is 3. The third kappa shape index (κ3) is 2.67. The van der Waals surface area contributed by atoms with Crippen LogP contribution in [0.25, 0.3) is 0 Å². The molecule has 4 nitrogen and oxygen atoms in total. The third-order valence-corrected chi connectivity index (χ3v) is 3.37. The van der Waals surface area contributed by atoms with Gasteiger partial charge in [-0.2, -0.15) is 5.10 Å². The van der Waals surface area contributed by atoms with Crippen LogP contribution in [0.5, 0.6) is 5.75 Å². The molecule has 20 heavy (non-hydrogen) atoms. The molecule has 0 spiro atoms. The maximum atomic E-state index is 12.7. The monoisotopic (exact) mass is 312 g/mol. The van der Waals surface area contributed by atoms with Gasteiger partial charge in [0.25, 0.3) is 0 Å². The van der Waals surface area contributed by atoms with E-state index >= 15 is 0 Å². The van der Waals surface area contributed by atoms with Gasteiger partial charge in [0, 0.05) is 11.1 Å². The Hall–Kier alpha value is -1.52. The molecule has 106 valence electrons. The molecule has 0 unspecified atom stereocenters. The quantitative estimate of drug-likeness (QED) is 0.801. The summed E-state index contributed by atoms with van der Waals surface area (Å²) in [6.07, 6.45) is 1.46. The first kappa shape index (κ1) is 14.9. The predicted molar refractivity (Wildman–Crippen MR) is 79.1 cm³/mol. The van der Waals surface area contributed by atoms with Crippen LogP contribution < -0.4 is 4.74 Å². The van der Waals surface area contributed by atoms with E-state index in [0.29, 0.717) is 27.1 Å². The van der Waals surface area contributed by atoms with E-state index < -0.39 is 0 Å². The van der Waals surface area contributed by atoms with E-state index in [9.17, 15) is 4.79 Å². The van der Waals surface area contributed by atoms with Crippen molar-refractivity contribution < 1.29 is 9.53 Å². The molecule has 0 aliphatic rings. The molecule has 1 heterocycles. The number of ketones is 1. The van der Waals surface area contributed by atoms with Gasteiger partial charge in [0.15, 0.2) is 0 Å². The van der Waals surface area contributed by atoms with Crippen LogP contribution in [0, 0.1) is 0 Å². The van der Waals surface area contributed by atoms with Gasteiger partial charge in [-0.15, -0.1) is 0 Å². The van der Waals surface area contributed by atoms with Crippen molar-refractivity contribution in [3.8, 4) is 5.75 Å². The zero-order valence-corrected chi connectivity index (χ0v) is 12.9. The highest BCUT2D eigenvalue weighted by molar-refractivity contribution is 6.35. The van der Waals surface area contributed by atoms with Crippen molar-refractivity contribution >= 4 is 29.0 Å². The highest BCUT2D eigenvalue weighted by atomic mass is 35.5. The molecule has 0 bridgehead atoms. The average molecular weight is 313 g/mol. The van der Waals surface area contributed by atoms with Crippen molar-refractivity contribution in [1.29, 1.82) is 0 Å². The highest BCUT2D eigenvalue weighted by Gasteiger charge is 2.23. The number of rotatable bonds is 4. The number of benzene rings is 1. The first-order valence-corrected chi connectivity index (χ1v) is 6.82. The van der Waals surface area contributed by atoms with Gasteiger partial charge in [0.2, 0.25) is 5.78 Å². The zero-order chi connectivity index (χ0) is 14.9. The Morgan fingerprint density at radius 2 is 2.05 bits per heavy atom. The Kier molecular flexibility index (Phi) is 4.35. The van der Waals surface area contributed by atoms with Crippen LogP contribution in [0.15, 0.2) is 24.4 Å². The zero-order valence-electron chi connectivity index (χ0n) is 11.4. The molecule has 0 saturated carbocycles. The van der Waals surface area contributed by atoms with Crippen LogP contribution in [0.3, 0.4) is 0 Å². The Morgan fingerprint density at radius 1 is 1.35 bits per heavy atom. The van der Waals surface area contributed by atoms with E-state index in [1.54, 1.807) is 22.9 Å². The second kappa shape index (κ2) is 5.85. The number of carbonyl (C=O) groups excluding carboxylic acids is 1. The van der Waals surface area contributed by atoms with Gasteiger partial charge in [-0.1, -0.05) is 23.2 Å². The molecule has 1 aromatic heterocycles. The summed E-state index contributed by atoms with van der Waals surface area (Å²) in [7, 11) is 1.50. The molecule has 0 amide bonds. The maximum Gasteiger partial charge on any atom is 0.216 e. The molecule has 2 rings (SSSR count). The third-order valence-electron chi connectivity index (χ3n) is 2.86. The lowest BCUT2D eigenvalue weighted by Crippen LogP contribution is -2.14. The van der Waals surface area contributed by atoms with Crippen LogP contribution in [0.4, 0.5) is 0 Å². The van der Waals surface area contributed by atoms with E-state index in [1.807, 2.05) is 13.8 Å². The second-order valence-electron chi connectivity index (χ2n) is 4.55. The molecular weight excluding hydrogens is 299 g/mol. The minimum Gasteiger partial charge on any atom is -0.496 e. The summed E-state index contributed by atoms with van der Waals surface area (Å²) >= 11 is 12.0. The van der Waals surface area contributed by atoms with Gasteiger partial charge in [-0.05, 0) is 32.0 Å². The summed E-state index contributed by atoms with van der Waals surface area (Å²) in [4.78, 5) is 12.7. The molecule has 6 heteroatoms. The topological polar surface area (TPSA) is 44.1 Å². The first-order chi connectivity index (χ1) is 9.45. The van der Waals surface area contributed by atoms with Crippen LogP contribution >= 0.6 is 23.2 Å². The smallest absolute Gasteiger partial charge is 0.216 e. The predicted octanol–water partition coefficient (Wildman–Crippen LogP) is 4.01. The SMILES string of the molecule is COc1ccc(Cl)cc1C(=O)c1c(Cl)cnn1C(C)C. The summed E-state index contributed by atoms with van der Waals surface area (Å²) in [6, 6.07) is 4.90. The first-order valence-electron chi connectivity index (χ1n) is 6.07. The normalized spacial score (nSPS) is 10.9. The van der Waals surface area contributed by atoms with Crippen LogP contribution in [0.1, 0.15) is 35.9 Å². The van der Waals surface area contributed by atoms with Crippen molar-refractivity contribution in [2.75, 3.05) is 7.11 Å². The number of methoxy groups -OCH3 is 1. The summed E-state index contributed by atoms with van der Waals surface area (Å²) < 4.78 is 6.80. The largest absolute Gasteiger partial charge is 0.496 e. The Morgan fingerprint density at radius 3 is 2.65 bits per heavy atom. The van der Waals surface area contributed by atoms with Crippen molar-refractivity contribution in [2.45, 2.75) is 19.9 Å². The molecule has 2 aromatic rings. The number of hydrogen-bond donors (Lipinski definition) is 0. The van der Waals surface area contributed by atoms with E-state index in [-0.39, 0.29) is 11.8 Å². The van der Waals surface area contributed by atoms with Gasteiger partial charge >= 0.3 is 0 Å². The number of carbonyl (C=O) groups is 1. The molecule has 0 atom stereocenters. The number of ether oxygens (including phenoxy) is 1. The van der Waals surface area contributed by atoms with Crippen molar-refractivity contribution in [1.82, 2.24) is 9.78 Å². The molecule has 0 aliphatic heterocycles. The maximum absolute atomic E-state index is 12.7. The standard InChI is InChI=1S/C14H14Cl2N2O2/c1-8(2)18-13(11(16)7-17-18)14(19)10-6-9(15)4-5-12(10)20-3/h4-8H,1-3H3. The van der Waals surface area contributed by atoms with Crippen molar-refractivity contribution in [2.24, 2.45) is 0 Å². The fourth-order valence-electron chi connectivity index (χ4n) is 1.93. The average Bonchev–Trinajstić information content (AvgIpc) is 2.80. The molecule has 0 N–H and O–H groups in total. The van der Waals surface area contributed by atoms with Gasteiger partial charge in [-0.25, -0.2) is 0 Å². The molecule has 0 aliphatic carbocycles.